The maximum absolute atomic E-state index is 13.0. The number of rotatable bonds is 2. The van der Waals surface area contributed by atoms with Gasteiger partial charge in [-0.15, -0.1) is 0 Å². The lowest BCUT2D eigenvalue weighted by Crippen LogP contribution is -2.13. The second-order valence-electron chi connectivity index (χ2n) is 4.38. The van der Waals surface area contributed by atoms with Crippen molar-refractivity contribution in [2.75, 3.05) is 5.32 Å². The van der Waals surface area contributed by atoms with Crippen molar-refractivity contribution in [3.63, 3.8) is 0 Å². The number of nitrogens with one attached hydrogen (secondary N) is 1. The second-order valence-corrected chi connectivity index (χ2v) is 5.23. The molecule has 2 rings (SSSR count). The van der Waals surface area contributed by atoms with Gasteiger partial charge in [0, 0.05) is 15.7 Å². The van der Waals surface area contributed by atoms with Crippen LogP contribution in [0.4, 0.5) is 10.1 Å². The van der Waals surface area contributed by atoms with E-state index in [0.717, 1.165) is 10.0 Å². The number of halogens is 2. The number of aryl methyl sites for hydroxylation is 2. The van der Waals surface area contributed by atoms with Crippen LogP contribution in [0.15, 0.2) is 40.9 Å². The van der Waals surface area contributed by atoms with Crippen molar-refractivity contribution >= 4 is 27.5 Å². The van der Waals surface area contributed by atoms with E-state index in [2.05, 4.69) is 21.2 Å². The first-order valence-corrected chi connectivity index (χ1v) is 6.60. The Morgan fingerprint density at radius 3 is 2.47 bits per heavy atom. The second kappa shape index (κ2) is 5.53. The Morgan fingerprint density at radius 1 is 1.11 bits per heavy atom. The van der Waals surface area contributed by atoms with Crippen LogP contribution in [0, 0.1) is 19.7 Å². The van der Waals surface area contributed by atoms with Crippen LogP contribution in [0.25, 0.3) is 0 Å². The van der Waals surface area contributed by atoms with E-state index in [1.807, 2.05) is 13.0 Å². The maximum Gasteiger partial charge on any atom is 0.255 e. The van der Waals surface area contributed by atoms with E-state index in [-0.39, 0.29) is 11.7 Å². The topological polar surface area (TPSA) is 29.1 Å². The molecule has 0 saturated carbocycles. The molecule has 0 aromatic heterocycles. The zero-order valence-electron chi connectivity index (χ0n) is 10.6. The average molecular weight is 322 g/mol. The van der Waals surface area contributed by atoms with E-state index < -0.39 is 0 Å². The fraction of sp³-hybridized carbons (Fsp3) is 0.133. The third-order valence-electron chi connectivity index (χ3n) is 2.86. The van der Waals surface area contributed by atoms with Crippen LogP contribution in [-0.4, -0.2) is 5.91 Å². The monoisotopic (exact) mass is 321 g/mol. The quantitative estimate of drug-likeness (QED) is 0.869. The molecule has 1 amide bonds. The summed E-state index contributed by atoms with van der Waals surface area (Å²) < 4.78 is 13.9. The van der Waals surface area contributed by atoms with Crippen molar-refractivity contribution in [1.82, 2.24) is 0 Å². The molecule has 0 aliphatic carbocycles. The van der Waals surface area contributed by atoms with Crippen LogP contribution in [0.1, 0.15) is 21.5 Å². The molecule has 0 radical (unpaired) electrons. The molecule has 0 saturated heterocycles. The summed E-state index contributed by atoms with van der Waals surface area (Å²) >= 11 is 3.39. The zero-order chi connectivity index (χ0) is 14.0. The van der Waals surface area contributed by atoms with Gasteiger partial charge in [-0.2, -0.15) is 0 Å². The summed E-state index contributed by atoms with van der Waals surface area (Å²) in [5.74, 6) is -0.514. The number of anilines is 1. The first-order valence-electron chi connectivity index (χ1n) is 5.81. The highest BCUT2D eigenvalue weighted by atomic mass is 79.9. The Hall–Kier alpha value is -1.68. The Morgan fingerprint density at radius 2 is 1.84 bits per heavy atom. The van der Waals surface area contributed by atoms with E-state index >= 15 is 0 Å². The van der Waals surface area contributed by atoms with Crippen molar-refractivity contribution in [2.24, 2.45) is 0 Å². The van der Waals surface area contributed by atoms with E-state index in [0.29, 0.717) is 16.8 Å². The molecular weight excluding hydrogens is 309 g/mol. The molecular formula is C15H13BrFNO. The van der Waals surface area contributed by atoms with Gasteiger partial charge < -0.3 is 5.32 Å². The maximum atomic E-state index is 13.0. The third kappa shape index (κ3) is 3.20. The first-order chi connectivity index (χ1) is 8.97. The summed E-state index contributed by atoms with van der Waals surface area (Å²) in [6.07, 6.45) is 0. The standard InChI is InChI=1S/C15H13BrFNO/c1-9-7-11(3-5-13(9)16)15(19)18-14-6-4-12(17)8-10(14)2/h3-8H,1-2H3,(H,18,19). The smallest absolute Gasteiger partial charge is 0.255 e. The van der Waals surface area contributed by atoms with Crippen LogP contribution in [-0.2, 0) is 0 Å². The molecule has 4 heteroatoms. The lowest BCUT2D eigenvalue weighted by atomic mass is 10.1. The van der Waals surface area contributed by atoms with Gasteiger partial charge in [0.05, 0.1) is 0 Å². The highest BCUT2D eigenvalue weighted by Crippen LogP contribution is 2.20. The predicted molar refractivity (Wildman–Crippen MR) is 78.0 cm³/mol. The number of amides is 1. The molecule has 0 aliphatic rings. The lowest BCUT2D eigenvalue weighted by Gasteiger charge is -2.09. The molecule has 0 spiro atoms. The fourth-order valence-electron chi connectivity index (χ4n) is 1.75. The van der Waals surface area contributed by atoms with Crippen LogP contribution >= 0.6 is 15.9 Å². The van der Waals surface area contributed by atoms with Crippen molar-refractivity contribution < 1.29 is 9.18 Å². The minimum Gasteiger partial charge on any atom is -0.322 e. The summed E-state index contributed by atoms with van der Waals surface area (Å²) in [6, 6.07) is 9.66. The highest BCUT2D eigenvalue weighted by molar-refractivity contribution is 9.10. The lowest BCUT2D eigenvalue weighted by molar-refractivity contribution is 0.102. The van der Waals surface area contributed by atoms with Gasteiger partial charge in [-0.05, 0) is 61.4 Å². The Kier molecular flexibility index (Phi) is 4.00. The molecule has 0 bridgehead atoms. The fourth-order valence-corrected chi connectivity index (χ4v) is 1.99. The largest absolute Gasteiger partial charge is 0.322 e. The molecule has 0 unspecified atom stereocenters. The number of carbonyl (C=O) groups excluding carboxylic acids is 1. The summed E-state index contributed by atoms with van der Waals surface area (Å²) in [5, 5.41) is 2.78. The Bertz CT molecular complexity index is 640. The summed E-state index contributed by atoms with van der Waals surface area (Å²) in [4.78, 5) is 12.1. The molecule has 19 heavy (non-hydrogen) atoms. The van der Waals surface area contributed by atoms with Gasteiger partial charge in [0.25, 0.3) is 5.91 Å². The van der Waals surface area contributed by atoms with Gasteiger partial charge in [-0.1, -0.05) is 15.9 Å². The minimum atomic E-state index is -0.310. The van der Waals surface area contributed by atoms with Crippen molar-refractivity contribution in [1.29, 1.82) is 0 Å². The van der Waals surface area contributed by atoms with Gasteiger partial charge in [0.15, 0.2) is 0 Å². The summed E-state index contributed by atoms with van der Waals surface area (Å²) in [6.45, 7) is 3.68. The normalized spacial score (nSPS) is 10.3. The Labute approximate surface area is 119 Å². The number of benzene rings is 2. The average Bonchev–Trinajstić information content (AvgIpc) is 2.36. The van der Waals surface area contributed by atoms with E-state index in [1.165, 1.54) is 12.1 Å². The third-order valence-corrected chi connectivity index (χ3v) is 3.75. The molecule has 1 N–H and O–H groups in total. The van der Waals surface area contributed by atoms with Gasteiger partial charge in [-0.25, -0.2) is 4.39 Å². The highest BCUT2D eigenvalue weighted by Gasteiger charge is 2.09. The van der Waals surface area contributed by atoms with Gasteiger partial charge >= 0.3 is 0 Å². The number of hydrogen-bond acceptors (Lipinski definition) is 1. The van der Waals surface area contributed by atoms with Crippen LogP contribution in [0.2, 0.25) is 0 Å². The van der Waals surface area contributed by atoms with Gasteiger partial charge in [-0.3, -0.25) is 4.79 Å². The number of hydrogen-bond donors (Lipinski definition) is 1. The van der Waals surface area contributed by atoms with E-state index in [9.17, 15) is 9.18 Å². The molecule has 2 aromatic rings. The summed E-state index contributed by atoms with van der Waals surface area (Å²) in [5.41, 5.74) is 2.88. The molecule has 2 nitrogen and oxygen atoms in total. The molecule has 0 aliphatic heterocycles. The van der Waals surface area contributed by atoms with Crippen molar-refractivity contribution in [3.05, 3.63) is 63.4 Å². The van der Waals surface area contributed by atoms with Crippen LogP contribution in [0.5, 0.6) is 0 Å². The molecule has 0 fully saturated rings. The number of carbonyl (C=O) groups is 1. The van der Waals surface area contributed by atoms with Crippen molar-refractivity contribution in [2.45, 2.75) is 13.8 Å². The van der Waals surface area contributed by atoms with Gasteiger partial charge in [0.1, 0.15) is 5.82 Å². The van der Waals surface area contributed by atoms with E-state index in [4.69, 9.17) is 0 Å². The molecule has 0 heterocycles. The molecule has 2 aromatic carbocycles. The van der Waals surface area contributed by atoms with Crippen LogP contribution in [0.3, 0.4) is 0 Å². The van der Waals surface area contributed by atoms with E-state index in [1.54, 1.807) is 25.1 Å². The molecule has 0 atom stereocenters. The van der Waals surface area contributed by atoms with Crippen LogP contribution < -0.4 is 5.32 Å². The summed E-state index contributed by atoms with van der Waals surface area (Å²) in [7, 11) is 0. The van der Waals surface area contributed by atoms with Crippen molar-refractivity contribution in [3.8, 4) is 0 Å². The Balaban J connectivity index is 2.23. The SMILES string of the molecule is Cc1cc(C(=O)Nc2ccc(F)cc2C)ccc1Br. The first kappa shape index (κ1) is 13.7. The zero-order valence-corrected chi connectivity index (χ0v) is 12.2. The van der Waals surface area contributed by atoms with Gasteiger partial charge in [0.2, 0.25) is 0 Å². The predicted octanol–water partition coefficient (Wildman–Crippen LogP) is 4.46. The minimum absolute atomic E-state index is 0.203. The molecule has 98 valence electrons.